The van der Waals surface area contributed by atoms with E-state index in [1.807, 2.05) is 0 Å². The van der Waals surface area contributed by atoms with Crippen molar-refractivity contribution in [2.24, 2.45) is 40.9 Å². The SMILES string of the molecule is CCC[C@](O)(CC1=CC[C@@H]2[C@H](CC[C@]3(C)[C@@H]([C@H](C)CCC4(O)CCOC4)CC[C@@H]23)[C@@H]1C)C(F)(F)F. The Morgan fingerprint density at radius 2 is 1.91 bits per heavy atom. The first-order valence-corrected chi connectivity index (χ1v) is 14.1. The number of hydrogen-bond acceptors (Lipinski definition) is 3. The standard InChI is InChI=1S/C29H47F3O3/c1-5-12-28(34,29(30,31)32)17-21-6-7-23-22(20(21)3)11-13-26(4)24(8-9-25(23)26)19(2)10-14-27(33)15-16-35-18-27/h6,19-20,22-25,33-34H,5,7-18H2,1-4H3/t19-,20-,22-,23-,24-,25+,26-,27?,28+/m1/s1. The average molecular weight is 501 g/mol. The van der Waals surface area contributed by atoms with Gasteiger partial charge >= 0.3 is 6.18 Å². The summed E-state index contributed by atoms with van der Waals surface area (Å²) in [4.78, 5) is 0. The van der Waals surface area contributed by atoms with Crippen LogP contribution in [0.3, 0.4) is 0 Å². The first-order chi connectivity index (χ1) is 16.3. The van der Waals surface area contributed by atoms with E-state index in [0.29, 0.717) is 49.2 Å². The number of aliphatic hydroxyl groups is 2. The topological polar surface area (TPSA) is 49.7 Å². The second kappa shape index (κ2) is 9.94. The third kappa shape index (κ3) is 5.10. The van der Waals surface area contributed by atoms with Crippen molar-refractivity contribution >= 4 is 0 Å². The van der Waals surface area contributed by atoms with Gasteiger partial charge in [0.25, 0.3) is 0 Å². The van der Waals surface area contributed by atoms with Crippen molar-refractivity contribution in [2.45, 2.75) is 116 Å². The molecule has 1 unspecified atom stereocenters. The van der Waals surface area contributed by atoms with Gasteiger partial charge in [-0.1, -0.05) is 45.8 Å². The number of hydrogen-bond donors (Lipinski definition) is 2. The molecular weight excluding hydrogens is 453 g/mol. The molecule has 6 heteroatoms. The Morgan fingerprint density at radius 3 is 2.54 bits per heavy atom. The fourth-order valence-electron chi connectivity index (χ4n) is 8.81. The molecule has 0 radical (unpaired) electrons. The van der Waals surface area contributed by atoms with Gasteiger partial charge in [0.2, 0.25) is 0 Å². The lowest BCUT2D eigenvalue weighted by Gasteiger charge is -2.53. The molecule has 4 aliphatic rings. The van der Waals surface area contributed by atoms with Gasteiger partial charge in [0, 0.05) is 19.4 Å². The molecule has 3 nitrogen and oxygen atoms in total. The Bertz CT molecular complexity index is 774. The minimum absolute atomic E-state index is 0.0946. The second-order valence-electron chi connectivity index (χ2n) is 13.0. The van der Waals surface area contributed by atoms with E-state index in [0.717, 1.165) is 44.1 Å². The largest absolute Gasteiger partial charge is 0.417 e. The van der Waals surface area contributed by atoms with Gasteiger partial charge in [-0.05, 0) is 92.3 Å². The molecule has 1 heterocycles. The van der Waals surface area contributed by atoms with Crippen LogP contribution in [0.15, 0.2) is 11.6 Å². The van der Waals surface area contributed by atoms with Crippen LogP contribution in [-0.4, -0.2) is 40.8 Å². The number of fused-ring (bicyclic) bond motifs is 3. The van der Waals surface area contributed by atoms with Gasteiger partial charge in [-0.3, -0.25) is 0 Å². The molecule has 4 rings (SSSR count). The van der Waals surface area contributed by atoms with Crippen LogP contribution in [0.5, 0.6) is 0 Å². The highest BCUT2D eigenvalue weighted by Gasteiger charge is 2.58. The van der Waals surface area contributed by atoms with E-state index >= 15 is 0 Å². The predicted molar refractivity (Wildman–Crippen MR) is 132 cm³/mol. The lowest BCUT2D eigenvalue weighted by molar-refractivity contribution is -0.262. The Hall–Kier alpha value is -0.590. The molecule has 2 saturated carbocycles. The molecular formula is C29H47F3O3. The molecule has 0 bridgehead atoms. The van der Waals surface area contributed by atoms with E-state index in [9.17, 15) is 23.4 Å². The van der Waals surface area contributed by atoms with Gasteiger partial charge in [0.15, 0.2) is 5.60 Å². The number of halogens is 3. The van der Waals surface area contributed by atoms with Crippen molar-refractivity contribution in [3.05, 3.63) is 11.6 Å². The first kappa shape index (κ1) is 27.4. The van der Waals surface area contributed by atoms with Crippen LogP contribution >= 0.6 is 0 Å². The maximum Gasteiger partial charge on any atom is 0.417 e. The minimum Gasteiger partial charge on any atom is -0.387 e. The summed E-state index contributed by atoms with van der Waals surface area (Å²) in [5, 5.41) is 21.3. The van der Waals surface area contributed by atoms with Crippen LogP contribution in [-0.2, 0) is 4.74 Å². The van der Waals surface area contributed by atoms with Crippen LogP contribution in [0.25, 0.3) is 0 Å². The Balaban J connectivity index is 1.44. The number of ether oxygens (including phenoxy) is 1. The maximum absolute atomic E-state index is 13.7. The molecule has 3 aliphatic carbocycles. The zero-order valence-corrected chi connectivity index (χ0v) is 22.2. The summed E-state index contributed by atoms with van der Waals surface area (Å²) in [6.45, 7) is 9.76. The van der Waals surface area contributed by atoms with E-state index in [-0.39, 0.29) is 24.2 Å². The molecule has 0 aromatic carbocycles. The quantitative estimate of drug-likeness (QED) is 0.351. The first-order valence-electron chi connectivity index (χ1n) is 14.1. The molecule has 202 valence electrons. The smallest absolute Gasteiger partial charge is 0.387 e. The van der Waals surface area contributed by atoms with E-state index < -0.39 is 17.4 Å². The van der Waals surface area contributed by atoms with Gasteiger partial charge in [0.1, 0.15) is 0 Å². The lowest BCUT2D eigenvalue weighted by Crippen LogP contribution is -2.48. The molecule has 1 saturated heterocycles. The molecule has 35 heavy (non-hydrogen) atoms. The fraction of sp³-hybridized carbons (Fsp3) is 0.931. The van der Waals surface area contributed by atoms with Crippen molar-refractivity contribution < 1.29 is 28.1 Å². The third-order valence-electron chi connectivity index (χ3n) is 11.0. The van der Waals surface area contributed by atoms with Crippen LogP contribution in [0.4, 0.5) is 13.2 Å². The highest BCUT2D eigenvalue weighted by molar-refractivity contribution is 5.19. The number of rotatable bonds is 8. The van der Waals surface area contributed by atoms with Crippen LogP contribution < -0.4 is 0 Å². The van der Waals surface area contributed by atoms with E-state index in [1.165, 1.54) is 12.8 Å². The van der Waals surface area contributed by atoms with Crippen molar-refractivity contribution in [3.8, 4) is 0 Å². The highest BCUT2D eigenvalue weighted by Crippen LogP contribution is 2.64. The summed E-state index contributed by atoms with van der Waals surface area (Å²) in [6, 6.07) is 0. The normalized spacial score (nSPS) is 42.2. The Morgan fingerprint density at radius 1 is 1.17 bits per heavy atom. The van der Waals surface area contributed by atoms with Gasteiger partial charge < -0.3 is 14.9 Å². The van der Waals surface area contributed by atoms with E-state index in [2.05, 4.69) is 26.8 Å². The molecule has 1 aliphatic heterocycles. The second-order valence-corrected chi connectivity index (χ2v) is 13.0. The molecule has 0 spiro atoms. The molecule has 0 amide bonds. The van der Waals surface area contributed by atoms with Gasteiger partial charge in [-0.25, -0.2) is 0 Å². The summed E-state index contributed by atoms with van der Waals surface area (Å²) in [5.74, 6) is 2.84. The third-order valence-corrected chi connectivity index (χ3v) is 11.0. The number of alkyl halides is 3. The van der Waals surface area contributed by atoms with Gasteiger partial charge in [-0.15, -0.1) is 0 Å². The summed E-state index contributed by atoms with van der Waals surface area (Å²) in [5.41, 5.74) is -2.17. The Labute approximate surface area is 209 Å². The molecule has 2 N–H and O–H groups in total. The monoisotopic (exact) mass is 500 g/mol. The molecule has 3 fully saturated rings. The van der Waals surface area contributed by atoms with Crippen molar-refractivity contribution in [1.82, 2.24) is 0 Å². The van der Waals surface area contributed by atoms with Crippen LogP contribution in [0, 0.1) is 40.9 Å². The lowest BCUT2D eigenvalue weighted by atomic mass is 9.52. The average Bonchev–Trinajstić information content (AvgIpc) is 3.37. The summed E-state index contributed by atoms with van der Waals surface area (Å²) in [6.07, 6.45) is 5.31. The van der Waals surface area contributed by atoms with E-state index in [4.69, 9.17) is 4.74 Å². The highest BCUT2D eigenvalue weighted by atomic mass is 19.4. The summed E-state index contributed by atoms with van der Waals surface area (Å²) >= 11 is 0. The van der Waals surface area contributed by atoms with Crippen LogP contribution in [0.2, 0.25) is 0 Å². The van der Waals surface area contributed by atoms with Crippen molar-refractivity contribution in [2.75, 3.05) is 13.2 Å². The molecule has 0 aromatic rings. The molecule has 0 aromatic heterocycles. The minimum atomic E-state index is -4.60. The predicted octanol–water partition coefficient (Wildman–Crippen LogP) is 7.06. The van der Waals surface area contributed by atoms with Crippen molar-refractivity contribution in [1.29, 1.82) is 0 Å². The van der Waals surface area contributed by atoms with Crippen LogP contribution in [0.1, 0.15) is 98.3 Å². The van der Waals surface area contributed by atoms with Gasteiger partial charge in [0.05, 0.1) is 12.2 Å². The molecule has 9 atom stereocenters. The zero-order valence-electron chi connectivity index (χ0n) is 22.2. The van der Waals surface area contributed by atoms with E-state index in [1.54, 1.807) is 6.92 Å². The maximum atomic E-state index is 13.7. The fourth-order valence-corrected chi connectivity index (χ4v) is 8.81. The zero-order chi connectivity index (χ0) is 25.6. The summed E-state index contributed by atoms with van der Waals surface area (Å²) < 4.78 is 46.6. The number of allylic oxidation sites excluding steroid dienone is 1. The Kier molecular flexibility index (Phi) is 7.80. The van der Waals surface area contributed by atoms with Gasteiger partial charge in [-0.2, -0.15) is 13.2 Å². The van der Waals surface area contributed by atoms with Crippen molar-refractivity contribution in [3.63, 3.8) is 0 Å². The summed E-state index contributed by atoms with van der Waals surface area (Å²) in [7, 11) is 0.